The molecule has 2 N–H and O–H groups in total. The monoisotopic (exact) mass is 260 g/mol. The van der Waals surface area contributed by atoms with Gasteiger partial charge in [0.15, 0.2) is 11.6 Å². The normalized spacial score (nSPS) is 10.1. The molecule has 0 atom stereocenters. The van der Waals surface area contributed by atoms with E-state index in [1.165, 1.54) is 6.92 Å². The fourth-order valence-corrected chi connectivity index (χ4v) is 1.60. The van der Waals surface area contributed by atoms with E-state index in [2.05, 4.69) is 20.5 Å². The highest BCUT2D eigenvalue weighted by Crippen LogP contribution is 2.17. The zero-order chi connectivity index (χ0) is 13.1. The Bertz CT molecular complexity index is 651. The van der Waals surface area contributed by atoms with Gasteiger partial charge in [-0.2, -0.15) is 10.1 Å². The van der Waals surface area contributed by atoms with E-state index in [1.807, 2.05) is 19.1 Å². The molecule has 0 aliphatic rings. The van der Waals surface area contributed by atoms with Crippen LogP contribution in [0.2, 0.25) is 0 Å². The molecule has 0 saturated heterocycles. The average molecular weight is 260 g/mol. The summed E-state index contributed by atoms with van der Waals surface area (Å²) in [5, 5.41) is 9.72. The Hall–Kier alpha value is -2.08. The zero-order valence-electron chi connectivity index (χ0n) is 10.0. The zero-order valence-corrected chi connectivity index (χ0v) is 10.8. The molecule has 2 aromatic rings. The van der Waals surface area contributed by atoms with Crippen LogP contribution in [0, 0.1) is 11.7 Å². The van der Waals surface area contributed by atoms with Crippen LogP contribution in [0.15, 0.2) is 24.3 Å². The molecule has 18 heavy (non-hydrogen) atoms. The van der Waals surface area contributed by atoms with Crippen LogP contribution in [0.3, 0.4) is 0 Å². The minimum Gasteiger partial charge on any atom is -0.339 e. The maximum Gasteiger partial charge on any atom is 0.215 e. The first kappa shape index (κ1) is 12.4. The van der Waals surface area contributed by atoms with E-state index in [1.54, 1.807) is 12.1 Å². The highest BCUT2D eigenvalue weighted by molar-refractivity contribution is 7.71. The Morgan fingerprint density at radius 2 is 2.22 bits per heavy atom. The van der Waals surface area contributed by atoms with Gasteiger partial charge >= 0.3 is 0 Å². The highest BCUT2D eigenvalue weighted by atomic mass is 32.1. The Labute approximate surface area is 109 Å². The van der Waals surface area contributed by atoms with Crippen LogP contribution in [0.1, 0.15) is 23.0 Å². The number of hydrogen-bond acceptors (Lipinski definition) is 5. The fraction of sp³-hybridized carbons (Fsp3) is 0.167. The van der Waals surface area contributed by atoms with Crippen LogP contribution in [-0.4, -0.2) is 21.0 Å². The number of carbonyl (C=O) groups is 1. The van der Waals surface area contributed by atoms with Gasteiger partial charge in [-0.15, -0.1) is 0 Å². The maximum atomic E-state index is 11.3. The van der Waals surface area contributed by atoms with Gasteiger partial charge in [-0.05, 0) is 38.2 Å². The topological polar surface area (TPSA) is 70.7 Å². The third kappa shape index (κ3) is 2.78. The maximum absolute atomic E-state index is 11.3. The van der Waals surface area contributed by atoms with Crippen molar-refractivity contribution < 1.29 is 4.79 Å². The third-order valence-corrected chi connectivity index (χ3v) is 2.59. The van der Waals surface area contributed by atoms with Crippen LogP contribution in [0.4, 0.5) is 11.5 Å². The van der Waals surface area contributed by atoms with Crippen LogP contribution in [0.5, 0.6) is 0 Å². The van der Waals surface area contributed by atoms with Crippen molar-refractivity contribution >= 4 is 29.5 Å². The molecule has 2 rings (SSSR count). The van der Waals surface area contributed by atoms with Crippen molar-refractivity contribution in [2.24, 2.45) is 0 Å². The van der Waals surface area contributed by atoms with Crippen LogP contribution < -0.4 is 5.32 Å². The molecular formula is C12H12N4OS. The molecule has 6 heteroatoms. The first-order valence-electron chi connectivity index (χ1n) is 5.37. The van der Waals surface area contributed by atoms with E-state index >= 15 is 0 Å². The second-order valence-electron chi connectivity index (χ2n) is 3.84. The fourth-order valence-electron chi connectivity index (χ4n) is 1.46. The molecule has 0 fully saturated rings. The van der Waals surface area contributed by atoms with Crippen molar-refractivity contribution in [1.29, 1.82) is 0 Å². The third-order valence-electron chi connectivity index (χ3n) is 2.41. The van der Waals surface area contributed by atoms with Gasteiger partial charge in [-0.25, -0.2) is 0 Å². The minimum absolute atomic E-state index is 0.0202. The smallest absolute Gasteiger partial charge is 0.215 e. The van der Waals surface area contributed by atoms with Crippen LogP contribution in [0.25, 0.3) is 0 Å². The van der Waals surface area contributed by atoms with E-state index < -0.39 is 0 Å². The molecule has 1 aromatic heterocycles. The number of aryl methyl sites for hydroxylation is 1. The number of H-pyrrole nitrogens is 1. The summed E-state index contributed by atoms with van der Waals surface area (Å²) in [6.07, 6.45) is 0. The van der Waals surface area contributed by atoms with Crippen molar-refractivity contribution in [3.63, 3.8) is 0 Å². The number of nitrogens with one attached hydrogen (secondary N) is 2. The number of hydrogen-bond donors (Lipinski definition) is 2. The van der Waals surface area contributed by atoms with Gasteiger partial charge in [-0.1, -0.05) is 12.1 Å². The van der Waals surface area contributed by atoms with E-state index in [4.69, 9.17) is 12.2 Å². The Balaban J connectivity index is 2.34. The molecule has 1 aromatic carbocycles. The number of benzene rings is 1. The van der Waals surface area contributed by atoms with Crippen molar-refractivity contribution in [2.75, 3.05) is 5.32 Å². The molecular weight excluding hydrogens is 248 g/mol. The molecule has 0 radical (unpaired) electrons. The summed E-state index contributed by atoms with van der Waals surface area (Å²) in [5.41, 5.74) is 2.13. The first-order chi connectivity index (χ1) is 8.56. The quantitative estimate of drug-likeness (QED) is 0.656. The predicted molar refractivity (Wildman–Crippen MR) is 71.7 cm³/mol. The van der Waals surface area contributed by atoms with Gasteiger partial charge in [0, 0.05) is 11.3 Å². The lowest BCUT2D eigenvalue weighted by Crippen LogP contribution is -2.02. The van der Waals surface area contributed by atoms with Gasteiger partial charge in [0.1, 0.15) is 5.69 Å². The molecule has 0 saturated carbocycles. The number of rotatable bonds is 3. The van der Waals surface area contributed by atoms with E-state index in [0.717, 1.165) is 5.69 Å². The number of Topliss-reactive ketones (excluding diaryl/α,β-unsaturated/α-hetero) is 1. The number of nitrogens with zero attached hydrogens (tertiary/aromatic N) is 2. The van der Waals surface area contributed by atoms with Crippen molar-refractivity contribution in [3.8, 4) is 0 Å². The molecule has 0 unspecified atom stereocenters. The molecule has 0 spiro atoms. The molecule has 92 valence electrons. The largest absolute Gasteiger partial charge is 0.339 e. The van der Waals surface area contributed by atoms with Crippen molar-refractivity contribution in [3.05, 3.63) is 40.3 Å². The number of anilines is 2. The summed E-state index contributed by atoms with van der Waals surface area (Å²) >= 11 is 4.92. The van der Waals surface area contributed by atoms with Gasteiger partial charge in [0.05, 0.1) is 0 Å². The lowest BCUT2D eigenvalue weighted by Gasteiger charge is -2.08. The summed E-state index contributed by atoms with van der Waals surface area (Å²) in [7, 11) is 0. The summed E-state index contributed by atoms with van der Waals surface area (Å²) in [4.78, 5) is 15.4. The number of aromatic nitrogens is 3. The second-order valence-corrected chi connectivity index (χ2v) is 4.22. The molecule has 0 aliphatic carbocycles. The molecule has 0 amide bonds. The Morgan fingerprint density at radius 3 is 2.94 bits per heavy atom. The number of carbonyl (C=O) groups excluding carboxylic acids is 1. The molecule has 0 bridgehead atoms. The van der Waals surface area contributed by atoms with E-state index in [9.17, 15) is 4.79 Å². The lowest BCUT2D eigenvalue weighted by atomic mass is 10.1. The Morgan fingerprint density at radius 1 is 1.44 bits per heavy atom. The Kier molecular flexibility index (Phi) is 3.47. The van der Waals surface area contributed by atoms with E-state index in [0.29, 0.717) is 21.8 Å². The summed E-state index contributed by atoms with van der Waals surface area (Å²) in [6, 6.07) is 7.20. The first-order valence-corrected chi connectivity index (χ1v) is 5.78. The standard InChI is InChI=1S/C12H12N4OS/c1-7-11(14-12(18)16-15-7)13-10-5-3-4-9(6-10)8(2)17/h3-6H,1-2H3,(H2,13,14,16,18). The summed E-state index contributed by atoms with van der Waals surface area (Å²) in [5.74, 6) is 0.603. The molecule has 0 aliphatic heterocycles. The molecule has 5 nitrogen and oxygen atoms in total. The predicted octanol–water partition coefficient (Wildman–Crippen LogP) is 2.79. The highest BCUT2D eigenvalue weighted by Gasteiger charge is 2.04. The average Bonchev–Trinajstić information content (AvgIpc) is 2.34. The van der Waals surface area contributed by atoms with Crippen LogP contribution >= 0.6 is 12.2 Å². The number of ketones is 1. The SMILES string of the molecule is CC(=O)c1cccc(Nc2nc(=S)[nH]nc2C)c1. The van der Waals surface area contributed by atoms with Crippen molar-refractivity contribution in [1.82, 2.24) is 15.2 Å². The van der Waals surface area contributed by atoms with Crippen LogP contribution in [-0.2, 0) is 0 Å². The van der Waals surface area contributed by atoms with Gasteiger partial charge in [0.25, 0.3) is 0 Å². The van der Waals surface area contributed by atoms with Gasteiger partial charge in [-0.3, -0.25) is 9.89 Å². The summed E-state index contributed by atoms with van der Waals surface area (Å²) < 4.78 is 0.311. The molecule has 1 heterocycles. The minimum atomic E-state index is 0.0202. The van der Waals surface area contributed by atoms with Gasteiger partial charge in [0.2, 0.25) is 4.77 Å². The summed E-state index contributed by atoms with van der Waals surface area (Å²) in [6.45, 7) is 3.35. The van der Waals surface area contributed by atoms with E-state index in [-0.39, 0.29) is 5.78 Å². The van der Waals surface area contributed by atoms with Crippen molar-refractivity contribution in [2.45, 2.75) is 13.8 Å². The van der Waals surface area contributed by atoms with Gasteiger partial charge < -0.3 is 5.32 Å². The number of aromatic amines is 1. The lowest BCUT2D eigenvalue weighted by molar-refractivity contribution is 0.101. The second kappa shape index (κ2) is 5.05.